The van der Waals surface area contributed by atoms with Gasteiger partial charge in [0.05, 0.1) is 0 Å². The third kappa shape index (κ3) is 3.88. The van der Waals surface area contributed by atoms with Gasteiger partial charge in [-0.2, -0.15) is 0 Å². The van der Waals surface area contributed by atoms with E-state index in [0.717, 1.165) is 6.42 Å². The van der Waals surface area contributed by atoms with Crippen molar-refractivity contribution < 1.29 is 4.79 Å². The number of hydrogen-bond donors (Lipinski definition) is 0. The van der Waals surface area contributed by atoms with E-state index >= 15 is 0 Å². The van der Waals surface area contributed by atoms with Gasteiger partial charge < -0.3 is 4.90 Å². The van der Waals surface area contributed by atoms with Gasteiger partial charge in [0.1, 0.15) is 0 Å². The van der Waals surface area contributed by atoms with Crippen LogP contribution in [0.4, 0.5) is 0 Å². The number of amides is 1. The van der Waals surface area contributed by atoms with Crippen LogP contribution in [0.15, 0.2) is 30.3 Å². The lowest BCUT2D eigenvalue weighted by Gasteiger charge is -2.31. The van der Waals surface area contributed by atoms with Crippen molar-refractivity contribution in [3.05, 3.63) is 35.9 Å². The van der Waals surface area contributed by atoms with Crippen LogP contribution in [0.25, 0.3) is 0 Å². The molecule has 1 atom stereocenters. The summed E-state index contributed by atoms with van der Waals surface area (Å²) in [5.41, 5.74) is 1.21. The molecule has 0 fully saturated rings. The molecule has 1 rings (SSSR count). The summed E-state index contributed by atoms with van der Waals surface area (Å²) in [4.78, 5) is 13.9. The summed E-state index contributed by atoms with van der Waals surface area (Å²) < 4.78 is 0. The highest BCUT2D eigenvalue weighted by atomic mass is 16.2. The maximum atomic E-state index is 12.2. The SMILES string of the molecule is CN(C)C(=O)C(Cc1ccccc1)C(C)(C)C. The fourth-order valence-corrected chi connectivity index (χ4v) is 1.93. The van der Waals surface area contributed by atoms with E-state index in [0.29, 0.717) is 0 Å². The molecule has 2 nitrogen and oxygen atoms in total. The van der Waals surface area contributed by atoms with E-state index in [-0.39, 0.29) is 17.2 Å². The molecule has 0 aliphatic heterocycles. The van der Waals surface area contributed by atoms with E-state index in [1.54, 1.807) is 4.90 Å². The van der Waals surface area contributed by atoms with Gasteiger partial charge in [0.25, 0.3) is 0 Å². The van der Waals surface area contributed by atoms with Gasteiger partial charge >= 0.3 is 0 Å². The second kappa shape index (κ2) is 5.35. The highest BCUT2D eigenvalue weighted by molar-refractivity contribution is 5.79. The highest BCUT2D eigenvalue weighted by Gasteiger charge is 2.32. The summed E-state index contributed by atoms with van der Waals surface area (Å²) in [7, 11) is 3.65. The van der Waals surface area contributed by atoms with Gasteiger partial charge in [-0.25, -0.2) is 0 Å². The van der Waals surface area contributed by atoms with Crippen molar-refractivity contribution in [2.24, 2.45) is 11.3 Å². The molecule has 2 heteroatoms. The summed E-state index contributed by atoms with van der Waals surface area (Å²) in [6, 6.07) is 10.2. The molecule has 1 amide bonds. The van der Waals surface area contributed by atoms with Crippen LogP contribution in [0.1, 0.15) is 26.3 Å². The van der Waals surface area contributed by atoms with Crippen LogP contribution in [0.3, 0.4) is 0 Å². The van der Waals surface area contributed by atoms with Crippen LogP contribution in [0.5, 0.6) is 0 Å². The molecule has 0 aliphatic rings. The first-order valence-corrected chi connectivity index (χ1v) is 6.07. The quantitative estimate of drug-likeness (QED) is 0.786. The Kier molecular flexibility index (Phi) is 4.33. The normalized spacial score (nSPS) is 13.2. The predicted octanol–water partition coefficient (Wildman–Crippen LogP) is 2.98. The predicted molar refractivity (Wildman–Crippen MR) is 71.8 cm³/mol. The topological polar surface area (TPSA) is 20.3 Å². The molecule has 94 valence electrons. The lowest BCUT2D eigenvalue weighted by atomic mass is 9.76. The van der Waals surface area contributed by atoms with E-state index in [1.165, 1.54) is 5.56 Å². The highest BCUT2D eigenvalue weighted by Crippen LogP contribution is 2.30. The molecule has 1 aromatic rings. The van der Waals surface area contributed by atoms with Crippen LogP contribution < -0.4 is 0 Å². The molecule has 0 radical (unpaired) electrons. The second-order valence-corrected chi connectivity index (χ2v) is 5.84. The molecular formula is C15H23NO. The zero-order chi connectivity index (χ0) is 13.1. The summed E-state index contributed by atoms with van der Waals surface area (Å²) in [5, 5.41) is 0. The fraction of sp³-hybridized carbons (Fsp3) is 0.533. The van der Waals surface area contributed by atoms with Gasteiger partial charge in [-0.05, 0) is 17.4 Å². The van der Waals surface area contributed by atoms with Crippen molar-refractivity contribution in [2.45, 2.75) is 27.2 Å². The maximum absolute atomic E-state index is 12.2. The Bertz CT molecular complexity index is 362. The van der Waals surface area contributed by atoms with Gasteiger partial charge in [0, 0.05) is 20.0 Å². The first kappa shape index (κ1) is 13.8. The molecular weight excluding hydrogens is 210 g/mol. The van der Waals surface area contributed by atoms with Crippen molar-refractivity contribution in [3.63, 3.8) is 0 Å². The number of carbonyl (C=O) groups excluding carboxylic acids is 1. The minimum absolute atomic E-state index is 0.0167. The molecule has 0 aromatic heterocycles. The zero-order valence-electron chi connectivity index (χ0n) is 11.5. The Morgan fingerprint density at radius 1 is 1.18 bits per heavy atom. The molecule has 1 aromatic carbocycles. The van der Waals surface area contributed by atoms with E-state index in [4.69, 9.17) is 0 Å². The average molecular weight is 233 g/mol. The molecule has 0 heterocycles. The summed E-state index contributed by atoms with van der Waals surface area (Å²) in [6.07, 6.45) is 0.807. The molecule has 0 aliphatic carbocycles. The molecule has 17 heavy (non-hydrogen) atoms. The van der Waals surface area contributed by atoms with Gasteiger partial charge in [0.2, 0.25) is 5.91 Å². The number of nitrogens with zero attached hydrogens (tertiary/aromatic N) is 1. The first-order valence-electron chi connectivity index (χ1n) is 6.07. The van der Waals surface area contributed by atoms with Gasteiger partial charge in [-0.1, -0.05) is 51.1 Å². The van der Waals surface area contributed by atoms with E-state index < -0.39 is 0 Å². The summed E-state index contributed by atoms with van der Waals surface area (Å²) >= 11 is 0. The van der Waals surface area contributed by atoms with E-state index in [2.05, 4.69) is 32.9 Å². The third-order valence-electron chi connectivity index (χ3n) is 3.07. The maximum Gasteiger partial charge on any atom is 0.226 e. The summed E-state index contributed by atoms with van der Waals surface area (Å²) in [6.45, 7) is 6.38. The van der Waals surface area contributed by atoms with Crippen molar-refractivity contribution in [3.8, 4) is 0 Å². The Balaban J connectivity index is 2.90. The lowest BCUT2D eigenvalue weighted by molar-refractivity contribution is -0.136. The van der Waals surface area contributed by atoms with Crippen LogP contribution in [-0.2, 0) is 11.2 Å². The Morgan fingerprint density at radius 3 is 2.12 bits per heavy atom. The Hall–Kier alpha value is -1.31. The molecule has 0 bridgehead atoms. The second-order valence-electron chi connectivity index (χ2n) is 5.84. The molecule has 0 N–H and O–H groups in total. The van der Waals surface area contributed by atoms with E-state index in [9.17, 15) is 4.79 Å². The molecule has 0 spiro atoms. The minimum atomic E-state index is -0.0167. The number of rotatable bonds is 3. The van der Waals surface area contributed by atoms with E-state index in [1.807, 2.05) is 32.3 Å². The van der Waals surface area contributed by atoms with Crippen molar-refractivity contribution in [2.75, 3.05) is 14.1 Å². The first-order chi connectivity index (χ1) is 7.82. The molecule has 1 unspecified atom stereocenters. The Labute approximate surface area is 105 Å². The van der Waals surface area contributed by atoms with Gasteiger partial charge in [0.15, 0.2) is 0 Å². The molecule has 0 saturated heterocycles. The van der Waals surface area contributed by atoms with Crippen LogP contribution in [0.2, 0.25) is 0 Å². The van der Waals surface area contributed by atoms with Gasteiger partial charge in [-0.3, -0.25) is 4.79 Å². The average Bonchev–Trinajstić information content (AvgIpc) is 2.24. The number of carbonyl (C=O) groups is 1. The minimum Gasteiger partial charge on any atom is -0.349 e. The Morgan fingerprint density at radius 2 is 1.71 bits per heavy atom. The van der Waals surface area contributed by atoms with Crippen LogP contribution in [-0.4, -0.2) is 24.9 Å². The van der Waals surface area contributed by atoms with Gasteiger partial charge in [-0.15, -0.1) is 0 Å². The van der Waals surface area contributed by atoms with Crippen molar-refractivity contribution in [1.29, 1.82) is 0 Å². The monoisotopic (exact) mass is 233 g/mol. The largest absolute Gasteiger partial charge is 0.349 e. The standard InChI is InChI=1S/C15H23NO/c1-15(2,3)13(14(17)16(4)5)11-12-9-7-6-8-10-12/h6-10,13H,11H2,1-5H3. The third-order valence-corrected chi connectivity index (χ3v) is 3.07. The van der Waals surface area contributed by atoms with Crippen molar-refractivity contribution in [1.82, 2.24) is 4.90 Å². The van der Waals surface area contributed by atoms with Crippen LogP contribution >= 0.6 is 0 Å². The number of benzene rings is 1. The number of hydrogen-bond acceptors (Lipinski definition) is 1. The lowest BCUT2D eigenvalue weighted by Crippen LogP contribution is -2.38. The fourth-order valence-electron chi connectivity index (χ4n) is 1.93. The summed E-state index contributed by atoms with van der Waals surface area (Å²) in [5.74, 6) is 0.237. The smallest absolute Gasteiger partial charge is 0.226 e. The van der Waals surface area contributed by atoms with Crippen LogP contribution in [0, 0.1) is 11.3 Å². The molecule has 0 saturated carbocycles. The zero-order valence-corrected chi connectivity index (χ0v) is 11.5. The van der Waals surface area contributed by atoms with Crippen molar-refractivity contribution >= 4 is 5.91 Å².